The Hall–Kier alpha value is -1.56. The summed E-state index contributed by atoms with van der Waals surface area (Å²) >= 11 is 7.28. The van der Waals surface area contributed by atoms with E-state index >= 15 is 0 Å². The van der Waals surface area contributed by atoms with E-state index < -0.39 is 10.0 Å². The molecule has 2 aromatic carbocycles. The van der Waals surface area contributed by atoms with Crippen molar-refractivity contribution in [3.8, 4) is 0 Å². The number of thiocarbonyl (C=S) groups is 1. The van der Waals surface area contributed by atoms with E-state index in [2.05, 4.69) is 37.9 Å². The third kappa shape index (κ3) is 6.21. The van der Waals surface area contributed by atoms with Crippen LogP contribution >= 0.6 is 34.8 Å². The van der Waals surface area contributed by atoms with E-state index in [1.165, 1.54) is 18.6 Å². The van der Waals surface area contributed by atoms with Gasteiger partial charge in [0.2, 0.25) is 10.0 Å². The molecule has 1 aliphatic rings. The lowest BCUT2D eigenvalue weighted by Gasteiger charge is -2.22. The lowest BCUT2D eigenvalue weighted by molar-refractivity contribution is 0.0977. The van der Waals surface area contributed by atoms with Gasteiger partial charge >= 0.3 is 0 Å². The molecule has 9 heteroatoms. The van der Waals surface area contributed by atoms with Gasteiger partial charge in [-0.3, -0.25) is 10.1 Å². The molecule has 3 rings (SSSR count). The molecule has 0 unspecified atom stereocenters. The Morgan fingerprint density at radius 1 is 1.00 bits per heavy atom. The maximum atomic E-state index is 12.6. The second-order valence-electron chi connectivity index (χ2n) is 6.87. The smallest absolute Gasteiger partial charge is 0.258 e. The summed E-state index contributed by atoms with van der Waals surface area (Å²) in [6.07, 6.45) is 5.04. The molecule has 0 heterocycles. The number of carbonyl (C=O) groups is 1. The van der Waals surface area contributed by atoms with Gasteiger partial charge in [-0.15, -0.1) is 0 Å². The molecule has 0 radical (unpaired) electrons. The molecule has 0 aliphatic heterocycles. The quantitative estimate of drug-likeness (QED) is 0.392. The zero-order chi connectivity index (χ0) is 20.9. The van der Waals surface area contributed by atoms with Crippen molar-refractivity contribution in [1.29, 1.82) is 0 Å². The fourth-order valence-electron chi connectivity index (χ4n) is 3.20. The minimum atomic E-state index is -3.55. The Bertz CT molecular complexity index is 988. The van der Waals surface area contributed by atoms with Crippen molar-refractivity contribution in [3.05, 3.63) is 57.7 Å². The van der Waals surface area contributed by atoms with E-state index in [-0.39, 0.29) is 22.0 Å². The fraction of sp³-hybridized carbons (Fsp3) is 0.300. The van der Waals surface area contributed by atoms with E-state index in [0.29, 0.717) is 11.3 Å². The van der Waals surface area contributed by atoms with Gasteiger partial charge in [-0.1, -0.05) is 31.4 Å². The Kier molecular flexibility index (Phi) is 7.60. The van der Waals surface area contributed by atoms with Gasteiger partial charge in [0.05, 0.1) is 10.5 Å². The number of nitrogens with one attached hydrogen (secondary N) is 3. The molecule has 2 aromatic rings. The predicted molar refractivity (Wildman–Crippen MR) is 126 cm³/mol. The van der Waals surface area contributed by atoms with Crippen LogP contribution in [0.1, 0.15) is 42.5 Å². The van der Waals surface area contributed by atoms with E-state index in [9.17, 15) is 13.2 Å². The van der Waals surface area contributed by atoms with Crippen LogP contribution in [0.2, 0.25) is 0 Å². The molecule has 3 N–H and O–H groups in total. The van der Waals surface area contributed by atoms with E-state index in [1.54, 1.807) is 24.3 Å². The molecular formula is C20H22IN3O3S2. The van der Waals surface area contributed by atoms with Gasteiger partial charge in [0.25, 0.3) is 5.91 Å². The van der Waals surface area contributed by atoms with Crippen molar-refractivity contribution in [1.82, 2.24) is 10.0 Å². The van der Waals surface area contributed by atoms with Crippen LogP contribution in [0.3, 0.4) is 0 Å². The molecule has 1 saturated carbocycles. The van der Waals surface area contributed by atoms with Crippen molar-refractivity contribution in [2.24, 2.45) is 0 Å². The zero-order valence-electron chi connectivity index (χ0n) is 15.7. The van der Waals surface area contributed by atoms with Crippen LogP contribution in [0.5, 0.6) is 0 Å². The first-order valence-electron chi connectivity index (χ1n) is 9.34. The second kappa shape index (κ2) is 9.96. The minimum Gasteiger partial charge on any atom is -0.332 e. The summed E-state index contributed by atoms with van der Waals surface area (Å²) in [6.45, 7) is 0. The highest BCUT2D eigenvalue weighted by molar-refractivity contribution is 14.1. The highest BCUT2D eigenvalue weighted by atomic mass is 127. The highest BCUT2D eigenvalue weighted by Gasteiger charge is 2.21. The number of carbonyl (C=O) groups excluding carboxylic acids is 1. The number of anilines is 1. The average Bonchev–Trinajstić information content (AvgIpc) is 2.69. The Morgan fingerprint density at radius 3 is 2.31 bits per heavy atom. The van der Waals surface area contributed by atoms with Gasteiger partial charge in [0, 0.05) is 15.3 Å². The van der Waals surface area contributed by atoms with E-state index in [0.717, 1.165) is 29.3 Å². The molecule has 154 valence electrons. The molecular weight excluding hydrogens is 521 g/mol. The molecule has 1 fully saturated rings. The van der Waals surface area contributed by atoms with Crippen molar-refractivity contribution in [3.63, 3.8) is 0 Å². The zero-order valence-corrected chi connectivity index (χ0v) is 19.4. The first-order valence-corrected chi connectivity index (χ1v) is 12.3. The predicted octanol–water partition coefficient (Wildman–Crippen LogP) is 4.03. The minimum absolute atomic E-state index is 0.00937. The van der Waals surface area contributed by atoms with Gasteiger partial charge in [-0.2, -0.15) is 0 Å². The third-order valence-electron chi connectivity index (χ3n) is 4.70. The molecule has 6 nitrogen and oxygen atoms in total. The number of rotatable bonds is 5. The van der Waals surface area contributed by atoms with E-state index in [4.69, 9.17) is 12.2 Å². The number of hydrogen-bond acceptors (Lipinski definition) is 4. The van der Waals surface area contributed by atoms with Gasteiger partial charge in [-0.05, 0) is 84.0 Å². The first-order chi connectivity index (χ1) is 13.8. The molecule has 1 aliphatic carbocycles. The van der Waals surface area contributed by atoms with Gasteiger partial charge < -0.3 is 5.32 Å². The molecule has 0 spiro atoms. The Balaban J connectivity index is 1.59. The van der Waals surface area contributed by atoms with Crippen LogP contribution in [-0.2, 0) is 10.0 Å². The molecule has 0 atom stereocenters. The van der Waals surface area contributed by atoms with Gasteiger partial charge in [0.15, 0.2) is 5.11 Å². The van der Waals surface area contributed by atoms with E-state index in [1.807, 2.05) is 12.1 Å². The van der Waals surface area contributed by atoms with Crippen LogP contribution < -0.4 is 15.4 Å². The molecule has 0 saturated heterocycles. The molecule has 0 bridgehead atoms. The number of benzene rings is 2. The monoisotopic (exact) mass is 543 g/mol. The maximum Gasteiger partial charge on any atom is 0.258 e. The van der Waals surface area contributed by atoms with Crippen LogP contribution in [0.25, 0.3) is 0 Å². The van der Waals surface area contributed by atoms with Crippen LogP contribution in [0.4, 0.5) is 5.69 Å². The summed E-state index contributed by atoms with van der Waals surface area (Å²) in [5, 5.41) is 5.68. The number of hydrogen-bond donors (Lipinski definition) is 3. The van der Waals surface area contributed by atoms with Crippen LogP contribution in [0.15, 0.2) is 53.4 Å². The summed E-state index contributed by atoms with van der Waals surface area (Å²) in [4.78, 5) is 12.5. The van der Waals surface area contributed by atoms with Crippen LogP contribution in [0, 0.1) is 3.57 Å². The topological polar surface area (TPSA) is 87.3 Å². The second-order valence-corrected chi connectivity index (χ2v) is 10.2. The molecule has 29 heavy (non-hydrogen) atoms. The Labute approximate surface area is 190 Å². The summed E-state index contributed by atoms with van der Waals surface area (Å²) in [6, 6.07) is 13.5. The Morgan fingerprint density at radius 2 is 1.66 bits per heavy atom. The molecule has 0 aromatic heterocycles. The average molecular weight is 543 g/mol. The first kappa shape index (κ1) is 22.1. The highest BCUT2D eigenvalue weighted by Crippen LogP contribution is 2.21. The normalized spacial score (nSPS) is 14.9. The third-order valence-corrected chi connectivity index (χ3v) is 7.38. The standard InChI is InChI=1S/C20H22IN3O3S2/c21-18-9-5-4-8-17(18)19(25)23-20(28)22-14-10-12-16(13-11-14)29(26,27)24-15-6-2-1-3-7-15/h4-5,8-13,15,24H,1-3,6-7H2,(H2,22,23,25,28). The maximum absolute atomic E-state index is 12.6. The van der Waals surface area contributed by atoms with Gasteiger partial charge in [0.1, 0.15) is 0 Å². The summed E-state index contributed by atoms with van der Waals surface area (Å²) in [7, 11) is -3.55. The SMILES string of the molecule is O=C(NC(=S)Nc1ccc(S(=O)(=O)NC2CCCCC2)cc1)c1ccccc1I. The van der Waals surface area contributed by atoms with Gasteiger partial charge in [-0.25, -0.2) is 13.1 Å². The van der Waals surface area contributed by atoms with Crippen molar-refractivity contribution in [2.75, 3.05) is 5.32 Å². The number of amides is 1. The number of halogens is 1. The summed E-state index contributed by atoms with van der Waals surface area (Å²) in [5.74, 6) is -0.302. The number of sulfonamides is 1. The van der Waals surface area contributed by atoms with Crippen molar-refractivity contribution >= 4 is 61.5 Å². The van der Waals surface area contributed by atoms with Crippen molar-refractivity contribution in [2.45, 2.75) is 43.0 Å². The van der Waals surface area contributed by atoms with Crippen molar-refractivity contribution < 1.29 is 13.2 Å². The largest absolute Gasteiger partial charge is 0.332 e. The molecule has 1 amide bonds. The lowest BCUT2D eigenvalue weighted by atomic mass is 9.96. The van der Waals surface area contributed by atoms with Crippen LogP contribution in [-0.4, -0.2) is 25.5 Å². The lowest BCUT2D eigenvalue weighted by Crippen LogP contribution is -2.36. The summed E-state index contributed by atoms with van der Waals surface area (Å²) in [5.41, 5.74) is 1.13. The summed E-state index contributed by atoms with van der Waals surface area (Å²) < 4.78 is 28.7. The fourth-order valence-corrected chi connectivity index (χ4v) is 5.35.